The lowest BCUT2D eigenvalue weighted by molar-refractivity contribution is 0.00770. The van der Waals surface area contributed by atoms with E-state index in [1.54, 1.807) is 17.5 Å². The number of hydrogen-bond donors (Lipinski definition) is 2. The highest BCUT2D eigenvalue weighted by molar-refractivity contribution is 7.17. The topological polar surface area (TPSA) is 60.2 Å². The average Bonchev–Trinajstić information content (AvgIpc) is 2.91. The van der Waals surface area contributed by atoms with E-state index in [9.17, 15) is 0 Å². The average molecular weight is 277 g/mol. The first-order valence-electron chi connectivity index (χ1n) is 6.77. The molecule has 4 nitrogen and oxygen atoms in total. The van der Waals surface area contributed by atoms with E-state index in [-0.39, 0.29) is 0 Å². The van der Waals surface area contributed by atoms with Crippen LogP contribution in [0.15, 0.2) is 17.6 Å². The zero-order valence-electron chi connectivity index (χ0n) is 11.1. The van der Waals surface area contributed by atoms with Gasteiger partial charge in [0, 0.05) is 6.04 Å². The van der Waals surface area contributed by atoms with Gasteiger partial charge in [0.25, 0.3) is 0 Å². The van der Waals surface area contributed by atoms with Gasteiger partial charge in [0.15, 0.2) is 0 Å². The molecule has 2 aromatic rings. The number of rotatable bonds is 3. The number of nitrogens with zero attached hydrogens (tertiary/aromatic N) is 1. The fourth-order valence-electron chi connectivity index (χ4n) is 2.52. The monoisotopic (exact) mass is 277 g/mol. The quantitative estimate of drug-likeness (QED) is 0.904. The Hall–Kier alpha value is -1.33. The van der Waals surface area contributed by atoms with Gasteiger partial charge in [-0.25, -0.2) is 0 Å². The molecule has 0 saturated carbocycles. The Morgan fingerprint density at radius 3 is 3.16 bits per heavy atom. The third-order valence-electron chi connectivity index (χ3n) is 3.68. The molecule has 1 aliphatic rings. The van der Waals surface area contributed by atoms with Crippen molar-refractivity contribution < 1.29 is 4.74 Å². The van der Waals surface area contributed by atoms with Crippen molar-refractivity contribution in [3.05, 3.63) is 17.6 Å². The molecule has 1 fully saturated rings. The van der Waals surface area contributed by atoms with Crippen LogP contribution >= 0.6 is 11.3 Å². The second kappa shape index (κ2) is 5.35. The molecule has 3 rings (SSSR count). The fraction of sp³-hybridized carbons (Fsp3) is 0.500. The van der Waals surface area contributed by atoms with Gasteiger partial charge in [-0.3, -0.25) is 4.98 Å². The van der Waals surface area contributed by atoms with E-state index in [0.29, 0.717) is 17.8 Å². The van der Waals surface area contributed by atoms with Crippen molar-refractivity contribution in [2.24, 2.45) is 0 Å². The van der Waals surface area contributed by atoms with E-state index in [4.69, 9.17) is 10.5 Å². The maximum atomic E-state index is 6.06. The minimum absolute atomic E-state index is 0.345. The van der Waals surface area contributed by atoms with Crippen molar-refractivity contribution in [3.63, 3.8) is 0 Å². The molecule has 0 amide bonds. The van der Waals surface area contributed by atoms with E-state index < -0.39 is 0 Å². The number of nitrogens with two attached hydrogens (primary N) is 1. The van der Waals surface area contributed by atoms with E-state index >= 15 is 0 Å². The largest absolute Gasteiger partial charge is 0.396 e. The molecule has 0 bridgehead atoms. The lowest BCUT2D eigenvalue weighted by atomic mass is 10.0. The van der Waals surface area contributed by atoms with Crippen molar-refractivity contribution in [2.75, 3.05) is 17.7 Å². The molecule has 2 atom stereocenters. The van der Waals surface area contributed by atoms with Crippen LogP contribution in [0.5, 0.6) is 0 Å². The molecule has 0 unspecified atom stereocenters. The number of thiophene rings is 1. The fourth-order valence-corrected chi connectivity index (χ4v) is 3.39. The molecule has 19 heavy (non-hydrogen) atoms. The minimum atomic E-state index is 0.345. The van der Waals surface area contributed by atoms with Crippen LogP contribution in [-0.2, 0) is 4.74 Å². The van der Waals surface area contributed by atoms with Crippen LogP contribution in [0.4, 0.5) is 11.4 Å². The molecule has 3 heterocycles. The Bertz CT molecular complexity index is 561. The summed E-state index contributed by atoms with van der Waals surface area (Å²) in [5.41, 5.74) is 8.79. The molecule has 1 saturated heterocycles. The van der Waals surface area contributed by atoms with Crippen molar-refractivity contribution >= 4 is 32.9 Å². The summed E-state index contributed by atoms with van der Waals surface area (Å²) in [6.45, 7) is 2.93. The molecular weight excluding hydrogens is 258 g/mol. The maximum Gasteiger partial charge on any atom is 0.0832 e. The molecule has 2 aromatic heterocycles. The van der Waals surface area contributed by atoms with Gasteiger partial charge >= 0.3 is 0 Å². The van der Waals surface area contributed by atoms with Crippen molar-refractivity contribution in [3.8, 4) is 0 Å². The Morgan fingerprint density at radius 1 is 1.53 bits per heavy atom. The third-order valence-corrected chi connectivity index (χ3v) is 4.60. The van der Waals surface area contributed by atoms with Crippen molar-refractivity contribution in [1.82, 2.24) is 4.98 Å². The summed E-state index contributed by atoms with van der Waals surface area (Å²) >= 11 is 1.68. The zero-order chi connectivity index (χ0) is 13.2. The molecule has 5 heteroatoms. The molecule has 0 spiro atoms. The van der Waals surface area contributed by atoms with Crippen LogP contribution < -0.4 is 11.1 Å². The second-order valence-corrected chi connectivity index (χ2v) is 5.92. The summed E-state index contributed by atoms with van der Waals surface area (Å²) in [5, 5.41) is 5.59. The number of fused-ring (bicyclic) bond motifs is 1. The molecule has 102 valence electrons. The number of nitrogen functional groups attached to an aromatic ring is 1. The number of anilines is 2. The molecule has 0 aliphatic carbocycles. The summed E-state index contributed by atoms with van der Waals surface area (Å²) in [7, 11) is 0. The van der Waals surface area contributed by atoms with Crippen LogP contribution in [0.1, 0.15) is 26.2 Å². The highest BCUT2D eigenvalue weighted by atomic mass is 32.1. The van der Waals surface area contributed by atoms with Crippen molar-refractivity contribution in [2.45, 2.75) is 38.3 Å². The van der Waals surface area contributed by atoms with Crippen LogP contribution in [0.2, 0.25) is 0 Å². The Labute approximate surface area is 117 Å². The standard InChI is InChI=1S/C14H19N3OS/c1-2-10-4-3-9(8-18-10)17-13-11(15)7-16-12-5-6-19-14(12)13/h5-7,9-10H,2-4,8,15H2,1H3,(H,16,17)/t9-,10+/m0/s1. The molecule has 1 aliphatic heterocycles. The number of nitrogens with one attached hydrogen (secondary N) is 1. The Morgan fingerprint density at radius 2 is 2.42 bits per heavy atom. The molecule has 0 aromatic carbocycles. The summed E-state index contributed by atoms with van der Waals surface area (Å²) in [4.78, 5) is 4.33. The Kier molecular flexibility index (Phi) is 3.57. The number of ether oxygens (including phenoxy) is 1. The minimum Gasteiger partial charge on any atom is -0.396 e. The highest BCUT2D eigenvalue weighted by Gasteiger charge is 2.21. The first-order valence-corrected chi connectivity index (χ1v) is 7.65. The van der Waals surface area contributed by atoms with Crippen LogP contribution in [0.25, 0.3) is 10.2 Å². The lowest BCUT2D eigenvalue weighted by Crippen LogP contribution is -2.34. The van der Waals surface area contributed by atoms with Gasteiger partial charge in [-0.2, -0.15) is 0 Å². The van der Waals surface area contributed by atoms with E-state index in [1.165, 1.54) is 0 Å². The first kappa shape index (κ1) is 12.7. The van der Waals surface area contributed by atoms with Crippen LogP contribution in [0.3, 0.4) is 0 Å². The van der Waals surface area contributed by atoms with Gasteiger partial charge in [0.05, 0.1) is 40.5 Å². The van der Waals surface area contributed by atoms with Gasteiger partial charge < -0.3 is 15.8 Å². The lowest BCUT2D eigenvalue weighted by Gasteiger charge is -2.30. The van der Waals surface area contributed by atoms with Gasteiger partial charge in [-0.05, 0) is 30.7 Å². The van der Waals surface area contributed by atoms with Gasteiger partial charge in [-0.1, -0.05) is 6.92 Å². The predicted molar refractivity (Wildman–Crippen MR) is 80.7 cm³/mol. The Balaban J connectivity index is 1.78. The van der Waals surface area contributed by atoms with E-state index in [2.05, 4.69) is 17.2 Å². The predicted octanol–water partition coefficient (Wildman–Crippen LogP) is 3.25. The van der Waals surface area contributed by atoms with E-state index in [0.717, 1.165) is 41.8 Å². The zero-order valence-corrected chi connectivity index (χ0v) is 11.9. The normalized spacial score (nSPS) is 23.6. The van der Waals surface area contributed by atoms with Gasteiger partial charge in [0.1, 0.15) is 0 Å². The number of pyridine rings is 1. The first-order chi connectivity index (χ1) is 9.28. The molecule has 3 N–H and O–H groups in total. The molecular formula is C14H19N3OS. The summed E-state index contributed by atoms with van der Waals surface area (Å²) in [6.07, 6.45) is 5.50. The van der Waals surface area contributed by atoms with Gasteiger partial charge in [-0.15, -0.1) is 11.3 Å². The third kappa shape index (κ3) is 2.53. The maximum absolute atomic E-state index is 6.06. The molecule has 0 radical (unpaired) electrons. The summed E-state index contributed by atoms with van der Waals surface area (Å²) in [6, 6.07) is 2.37. The second-order valence-electron chi connectivity index (χ2n) is 5.01. The number of hydrogen-bond acceptors (Lipinski definition) is 5. The smallest absolute Gasteiger partial charge is 0.0832 e. The van der Waals surface area contributed by atoms with Gasteiger partial charge in [0.2, 0.25) is 0 Å². The van der Waals surface area contributed by atoms with Crippen molar-refractivity contribution in [1.29, 1.82) is 0 Å². The summed E-state index contributed by atoms with van der Waals surface area (Å²) in [5.74, 6) is 0. The number of aromatic nitrogens is 1. The SMILES string of the molecule is CC[C@@H]1CC[C@H](Nc2c(N)cnc3ccsc23)CO1. The van der Waals surface area contributed by atoms with Crippen LogP contribution in [0, 0.1) is 0 Å². The summed E-state index contributed by atoms with van der Waals surface area (Å²) < 4.78 is 6.97. The highest BCUT2D eigenvalue weighted by Crippen LogP contribution is 2.33. The van der Waals surface area contributed by atoms with E-state index in [1.807, 2.05) is 11.4 Å². The van der Waals surface area contributed by atoms with Crippen LogP contribution in [-0.4, -0.2) is 23.7 Å².